The first-order valence-electron chi connectivity index (χ1n) is 11.6. The minimum atomic E-state index is -0.168. The zero-order valence-electron chi connectivity index (χ0n) is 19.3. The third-order valence-corrected chi connectivity index (χ3v) is 6.91. The fraction of sp³-hybridized carbons (Fsp3) is 0.107. The highest BCUT2D eigenvalue weighted by Crippen LogP contribution is 2.41. The fourth-order valence-corrected chi connectivity index (χ4v) is 5.11. The van der Waals surface area contributed by atoms with E-state index in [4.69, 9.17) is 16.0 Å². The van der Waals surface area contributed by atoms with Gasteiger partial charge in [-0.1, -0.05) is 23.7 Å². The highest BCUT2D eigenvalue weighted by molar-refractivity contribution is 6.31. The van der Waals surface area contributed by atoms with Crippen LogP contribution in [0.2, 0.25) is 5.02 Å². The standard InChI is InChI=1S/C28H20ClN5O2/c1-15-11-31-34(13-15)14-16-2-5-19-21(8-16)27-22-9-17(3-6-20(22)26(19)36-27)28(35)30-12-25-23-10-18(29)4-7-24(23)32-33-25/h2-11,13H,12,14H2,1H3,(H,30,35)(H,32,33). The van der Waals surface area contributed by atoms with Crippen molar-refractivity contribution in [2.45, 2.75) is 20.0 Å². The van der Waals surface area contributed by atoms with E-state index in [-0.39, 0.29) is 5.91 Å². The van der Waals surface area contributed by atoms with Gasteiger partial charge in [0.15, 0.2) is 0 Å². The normalized spacial score (nSPS) is 11.9. The number of hydrogen-bond donors (Lipinski definition) is 2. The molecule has 4 aromatic heterocycles. The van der Waals surface area contributed by atoms with E-state index in [0.717, 1.165) is 60.4 Å². The summed E-state index contributed by atoms with van der Waals surface area (Å²) < 4.78 is 8.12. The molecule has 0 atom stereocenters. The fourth-order valence-electron chi connectivity index (χ4n) is 4.94. The molecule has 0 aliphatic carbocycles. The van der Waals surface area contributed by atoms with Gasteiger partial charge in [0.1, 0.15) is 11.2 Å². The van der Waals surface area contributed by atoms with Crippen molar-refractivity contribution in [1.82, 2.24) is 25.3 Å². The van der Waals surface area contributed by atoms with Crippen molar-refractivity contribution in [3.05, 3.63) is 94.4 Å². The molecule has 7 nitrogen and oxygen atoms in total. The van der Waals surface area contributed by atoms with Crippen molar-refractivity contribution in [3.8, 4) is 0 Å². The molecule has 0 radical (unpaired) electrons. The van der Waals surface area contributed by atoms with Crippen LogP contribution in [0.3, 0.4) is 0 Å². The Morgan fingerprint density at radius 1 is 1.00 bits per heavy atom. The van der Waals surface area contributed by atoms with Gasteiger partial charge in [-0.15, -0.1) is 0 Å². The highest BCUT2D eigenvalue weighted by Gasteiger charge is 2.19. The number of benzene rings is 4. The van der Waals surface area contributed by atoms with Crippen LogP contribution in [0.15, 0.2) is 71.4 Å². The molecule has 7 aromatic rings. The van der Waals surface area contributed by atoms with E-state index in [1.165, 1.54) is 0 Å². The van der Waals surface area contributed by atoms with Gasteiger partial charge in [-0.2, -0.15) is 10.2 Å². The molecule has 7 rings (SSSR count). The third-order valence-electron chi connectivity index (χ3n) is 6.68. The topological polar surface area (TPSA) is 88.7 Å². The van der Waals surface area contributed by atoms with Crippen molar-refractivity contribution in [2.75, 3.05) is 0 Å². The van der Waals surface area contributed by atoms with E-state index >= 15 is 0 Å². The lowest BCUT2D eigenvalue weighted by atomic mass is 10.00. The number of rotatable bonds is 5. The van der Waals surface area contributed by atoms with E-state index < -0.39 is 0 Å². The van der Waals surface area contributed by atoms with Crippen LogP contribution >= 0.6 is 11.6 Å². The SMILES string of the molecule is Cc1cnn(Cc2ccc3c(c2)c2oc3c3ccc(C(=O)NCc4[nH]nc5ccc(Cl)cc45)cc32)c1. The van der Waals surface area contributed by atoms with E-state index in [9.17, 15) is 4.79 Å². The molecule has 8 heteroatoms. The summed E-state index contributed by atoms with van der Waals surface area (Å²) in [6.45, 7) is 3.03. The molecule has 1 amide bonds. The largest absolute Gasteiger partial charge is 0.455 e. The number of aryl methyl sites for hydroxylation is 1. The van der Waals surface area contributed by atoms with Crippen molar-refractivity contribution in [3.63, 3.8) is 0 Å². The molecular weight excluding hydrogens is 474 g/mol. The number of halogens is 1. The molecule has 0 saturated carbocycles. The molecule has 0 unspecified atom stereocenters. The maximum atomic E-state index is 13.0. The molecule has 3 aromatic carbocycles. The molecule has 0 aliphatic rings. The van der Waals surface area contributed by atoms with E-state index in [0.29, 0.717) is 23.7 Å². The van der Waals surface area contributed by atoms with Crippen LogP contribution in [-0.4, -0.2) is 25.9 Å². The Kier molecular flexibility index (Phi) is 4.56. The smallest absolute Gasteiger partial charge is 0.251 e. The van der Waals surface area contributed by atoms with Gasteiger partial charge in [0.2, 0.25) is 0 Å². The average molecular weight is 494 g/mol. The van der Waals surface area contributed by atoms with Crippen LogP contribution in [0.1, 0.15) is 27.2 Å². The van der Waals surface area contributed by atoms with E-state index in [2.05, 4.69) is 38.8 Å². The second-order valence-electron chi connectivity index (χ2n) is 9.16. The van der Waals surface area contributed by atoms with Gasteiger partial charge >= 0.3 is 0 Å². The van der Waals surface area contributed by atoms with Crippen LogP contribution in [0.4, 0.5) is 0 Å². The van der Waals surface area contributed by atoms with E-state index in [1.54, 1.807) is 6.07 Å². The monoisotopic (exact) mass is 493 g/mol. The molecule has 2 N–H and O–H groups in total. The number of nitrogens with one attached hydrogen (secondary N) is 2. The number of furan rings is 2. The second kappa shape index (κ2) is 7.83. The molecule has 2 bridgehead atoms. The van der Waals surface area contributed by atoms with Crippen molar-refractivity contribution in [1.29, 1.82) is 0 Å². The molecule has 0 fully saturated rings. The summed E-state index contributed by atoms with van der Waals surface area (Å²) >= 11 is 6.13. The van der Waals surface area contributed by atoms with Gasteiger partial charge in [-0.3, -0.25) is 14.6 Å². The Morgan fingerprint density at radius 2 is 1.81 bits per heavy atom. The maximum Gasteiger partial charge on any atom is 0.251 e. The van der Waals surface area contributed by atoms with Gasteiger partial charge in [-0.25, -0.2) is 0 Å². The zero-order valence-corrected chi connectivity index (χ0v) is 20.1. The summed E-state index contributed by atoms with van der Waals surface area (Å²) in [5, 5.41) is 20.3. The number of amides is 1. The lowest BCUT2D eigenvalue weighted by Crippen LogP contribution is -2.23. The van der Waals surface area contributed by atoms with Crippen LogP contribution in [0.25, 0.3) is 43.6 Å². The van der Waals surface area contributed by atoms with Gasteiger partial charge in [0.25, 0.3) is 5.91 Å². The minimum Gasteiger partial charge on any atom is -0.455 e. The molecule has 36 heavy (non-hydrogen) atoms. The molecule has 0 aliphatic heterocycles. The number of carbonyl (C=O) groups excluding carboxylic acids is 1. The zero-order chi connectivity index (χ0) is 24.4. The van der Waals surface area contributed by atoms with Crippen molar-refractivity contribution in [2.24, 2.45) is 0 Å². The van der Waals surface area contributed by atoms with E-state index in [1.807, 2.05) is 54.3 Å². The predicted octanol–water partition coefficient (Wildman–Crippen LogP) is 6.19. The Morgan fingerprint density at radius 3 is 2.64 bits per heavy atom. The minimum absolute atomic E-state index is 0.168. The molecule has 176 valence electrons. The highest BCUT2D eigenvalue weighted by atomic mass is 35.5. The first-order valence-corrected chi connectivity index (χ1v) is 12.0. The quantitative estimate of drug-likeness (QED) is 0.280. The number of carbonyl (C=O) groups is 1. The summed E-state index contributed by atoms with van der Waals surface area (Å²) in [7, 11) is 0. The summed E-state index contributed by atoms with van der Waals surface area (Å²) in [6, 6.07) is 17.6. The Labute approximate surface area is 210 Å². The van der Waals surface area contributed by atoms with Crippen molar-refractivity contribution < 1.29 is 9.21 Å². The van der Waals surface area contributed by atoms with Gasteiger partial charge in [0, 0.05) is 43.7 Å². The summed E-state index contributed by atoms with van der Waals surface area (Å²) in [5.74, 6) is -0.168. The van der Waals surface area contributed by atoms with Crippen LogP contribution < -0.4 is 5.32 Å². The third kappa shape index (κ3) is 3.31. The number of aromatic nitrogens is 4. The van der Waals surface area contributed by atoms with Crippen LogP contribution in [-0.2, 0) is 13.1 Å². The van der Waals surface area contributed by atoms with Crippen LogP contribution in [0.5, 0.6) is 0 Å². The van der Waals surface area contributed by atoms with Gasteiger partial charge in [-0.05, 0) is 60.5 Å². The Hall–Kier alpha value is -4.36. The number of aromatic amines is 1. The maximum absolute atomic E-state index is 13.0. The lowest BCUT2D eigenvalue weighted by Gasteiger charge is -2.06. The molecular formula is C28H20ClN5O2. The average Bonchev–Trinajstić information content (AvgIpc) is 3.65. The first-order chi connectivity index (χ1) is 17.5. The molecule has 0 saturated heterocycles. The molecule has 4 heterocycles. The molecule has 0 spiro atoms. The first kappa shape index (κ1) is 21.0. The van der Waals surface area contributed by atoms with Crippen molar-refractivity contribution >= 4 is 61.1 Å². The second-order valence-corrected chi connectivity index (χ2v) is 9.60. The van der Waals surface area contributed by atoms with Gasteiger partial charge in [0.05, 0.1) is 30.5 Å². The lowest BCUT2D eigenvalue weighted by molar-refractivity contribution is 0.0950. The Bertz CT molecular complexity index is 1930. The summed E-state index contributed by atoms with van der Waals surface area (Å²) in [4.78, 5) is 13.0. The summed E-state index contributed by atoms with van der Waals surface area (Å²) in [6.07, 6.45) is 3.88. The predicted molar refractivity (Wildman–Crippen MR) is 141 cm³/mol. The number of nitrogens with zero attached hydrogens (tertiary/aromatic N) is 3. The number of fused-ring (bicyclic) bond motifs is 9. The summed E-state index contributed by atoms with van der Waals surface area (Å²) in [5.41, 5.74) is 6.12. The Balaban J connectivity index is 1.19. The number of H-pyrrole nitrogens is 1. The number of hydrogen-bond acceptors (Lipinski definition) is 4. The van der Waals surface area contributed by atoms with Crippen LogP contribution in [0, 0.1) is 6.92 Å². The van der Waals surface area contributed by atoms with Gasteiger partial charge < -0.3 is 9.73 Å².